The summed E-state index contributed by atoms with van der Waals surface area (Å²) in [5.41, 5.74) is 4.50. The highest BCUT2D eigenvalue weighted by molar-refractivity contribution is 6.38. The molecule has 0 spiro atoms. The molecule has 23 heavy (non-hydrogen) atoms. The van der Waals surface area contributed by atoms with Gasteiger partial charge >= 0.3 is 0 Å². The van der Waals surface area contributed by atoms with Crippen LogP contribution in [0.15, 0.2) is 78.9 Å². The molecular formula is C21H14O2. The molecule has 0 atom stereocenters. The lowest BCUT2D eigenvalue weighted by Crippen LogP contribution is -1.98. The Labute approximate surface area is 134 Å². The van der Waals surface area contributed by atoms with Crippen LogP contribution >= 0.6 is 0 Å². The van der Waals surface area contributed by atoms with Gasteiger partial charge in [-0.3, -0.25) is 4.79 Å². The molecule has 0 saturated heterocycles. The predicted octanol–water partition coefficient (Wildman–Crippen LogP) is 4.98. The average molecular weight is 298 g/mol. The van der Waals surface area contributed by atoms with Crippen LogP contribution in [0.25, 0.3) is 22.5 Å². The van der Waals surface area contributed by atoms with Crippen LogP contribution in [0.3, 0.4) is 0 Å². The molecule has 1 N–H and O–H groups in total. The van der Waals surface area contributed by atoms with Gasteiger partial charge in [0, 0.05) is 11.1 Å². The fourth-order valence-electron chi connectivity index (χ4n) is 2.99. The highest BCUT2D eigenvalue weighted by Crippen LogP contribution is 2.37. The van der Waals surface area contributed by atoms with Crippen LogP contribution in [0, 0.1) is 0 Å². The minimum Gasteiger partial charge on any atom is -0.507 e. The number of fused-ring (bicyclic) bond motifs is 1. The van der Waals surface area contributed by atoms with Crippen molar-refractivity contribution < 1.29 is 9.90 Å². The van der Waals surface area contributed by atoms with Crippen molar-refractivity contribution in [1.82, 2.24) is 0 Å². The normalized spacial score (nSPS) is 13.3. The second-order valence-electron chi connectivity index (χ2n) is 5.54. The van der Waals surface area contributed by atoms with Crippen molar-refractivity contribution in [2.75, 3.05) is 0 Å². The minimum absolute atomic E-state index is 0.0676. The molecule has 3 aromatic rings. The summed E-state index contributed by atoms with van der Waals surface area (Å²) in [6.07, 6.45) is 0. The maximum atomic E-state index is 12.5. The van der Waals surface area contributed by atoms with Crippen molar-refractivity contribution in [3.05, 3.63) is 95.6 Å². The molecule has 0 bridgehead atoms. The van der Waals surface area contributed by atoms with Gasteiger partial charge in [-0.15, -0.1) is 0 Å². The quantitative estimate of drug-likeness (QED) is 0.724. The van der Waals surface area contributed by atoms with E-state index in [1.54, 1.807) is 12.1 Å². The summed E-state index contributed by atoms with van der Waals surface area (Å²) >= 11 is 0. The van der Waals surface area contributed by atoms with E-state index < -0.39 is 0 Å². The van der Waals surface area contributed by atoms with Gasteiger partial charge in [0.05, 0.1) is 5.57 Å². The number of carbonyl (C=O) groups excluding carboxylic acids is 1. The van der Waals surface area contributed by atoms with Crippen LogP contribution in [-0.2, 0) is 0 Å². The second kappa shape index (κ2) is 5.25. The lowest BCUT2D eigenvalue weighted by Gasteiger charge is -2.05. The first kappa shape index (κ1) is 13.5. The Morgan fingerprint density at radius 1 is 0.565 bits per heavy atom. The minimum atomic E-state index is -0.120. The first-order chi connectivity index (χ1) is 11.3. The molecule has 0 fully saturated rings. The van der Waals surface area contributed by atoms with Gasteiger partial charge in [-0.25, -0.2) is 0 Å². The molecule has 1 aliphatic carbocycles. The Bertz CT molecular complexity index is 920. The molecule has 0 radical (unpaired) electrons. The fraction of sp³-hybridized carbons (Fsp3) is 0. The number of allylic oxidation sites excluding steroid dienone is 1. The van der Waals surface area contributed by atoms with Gasteiger partial charge < -0.3 is 5.11 Å². The Morgan fingerprint density at radius 3 is 1.74 bits per heavy atom. The number of carbonyl (C=O) groups is 1. The van der Waals surface area contributed by atoms with Crippen molar-refractivity contribution in [1.29, 1.82) is 0 Å². The van der Waals surface area contributed by atoms with Gasteiger partial charge in [0.15, 0.2) is 5.78 Å². The maximum Gasteiger partial charge on any atom is 0.198 e. The highest BCUT2D eigenvalue weighted by Gasteiger charge is 2.30. The molecular weight excluding hydrogens is 284 g/mol. The molecule has 2 nitrogen and oxygen atoms in total. The Balaban J connectivity index is 1.75. The van der Waals surface area contributed by atoms with Crippen LogP contribution in [0.1, 0.15) is 21.5 Å². The van der Waals surface area contributed by atoms with E-state index >= 15 is 0 Å². The van der Waals surface area contributed by atoms with Crippen molar-refractivity contribution >= 4 is 17.1 Å². The zero-order valence-corrected chi connectivity index (χ0v) is 12.4. The Kier molecular flexibility index (Phi) is 3.09. The van der Waals surface area contributed by atoms with Gasteiger partial charge in [-0.1, -0.05) is 78.9 Å². The summed E-state index contributed by atoms with van der Waals surface area (Å²) in [5, 5.41) is 10.4. The molecule has 0 unspecified atom stereocenters. The van der Waals surface area contributed by atoms with Gasteiger partial charge in [0.25, 0.3) is 0 Å². The van der Waals surface area contributed by atoms with E-state index in [1.807, 2.05) is 66.7 Å². The molecule has 0 heterocycles. The Hall–Kier alpha value is -3.13. The molecule has 110 valence electrons. The first-order valence-corrected chi connectivity index (χ1v) is 7.49. The summed E-state index contributed by atoms with van der Waals surface area (Å²) in [6.45, 7) is 0. The number of hydrogen-bond donors (Lipinski definition) is 1. The number of rotatable bonds is 2. The zero-order valence-electron chi connectivity index (χ0n) is 12.4. The highest BCUT2D eigenvalue weighted by atomic mass is 16.3. The van der Waals surface area contributed by atoms with Crippen molar-refractivity contribution in [3.8, 4) is 11.1 Å². The van der Waals surface area contributed by atoms with Gasteiger partial charge in [-0.2, -0.15) is 0 Å². The molecule has 0 aliphatic heterocycles. The van der Waals surface area contributed by atoms with Crippen molar-refractivity contribution in [3.63, 3.8) is 0 Å². The molecule has 4 rings (SSSR count). The van der Waals surface area contributed by atoms with Crippen LogP contribution in [0.2, 0.25) is 0 Å². The van der Waals surface area contributed by atoms with Crippen LogP contribution in [-0.4, -0.2) is 10.9 Å². The van der Waals surface area contributed by atoms with Crippen molar-refractivity contribution in [2.24, 2.45) is 0 Å². The van der Waals surface area contributed by atoms with Crippen molar-refractivity contribution in [2.45, 2.75) is 0 Å². The van der Waals surface area contributed by atoms with Gasteiger partial charge in [-0.05, 0) is 16.7 Å². The molecule has 1 aliphatic rings. The third-order valence-electron chi connectivity index (χ3n) is 4.17. The van der Waals surface area contributed by atoms with E-state index in [0.29, 0.717) is 16.7 Å². The topological polar surface area (TPSA) is 37.3 Å². The molecule has 3 aromatic carbocycles. The monoisotopic (exact) mass is 298 g/mol. The van der Waals surface area contributed by atoms with Crippen LogP contribution in [0.5, 0.6) is 0 Å². The molecule has 0 amide bonds. The third kappa shape index (κ3) is 2.16. The Morgan fingerprint density at radius 2 is 1.09 bits per heavy atom. The summed E-state index contributed by atoms with van der Waals surface area (Å²) in [4.78, 5) is 12.5. The van der Waals surface area contributed by atoms with E-state index in [4.69, 9.17) is 0 Å². The standard InChI is InChI=1S/C21H14O2/c22-20-17-8-4-5-9-18(17)21(23)19(20)16-12-10-15(11-13-16)14-6-2-1-3-7-14/h1-13,22H. The number of aliphatic hydroxyl groups is 1. The van der Waals surface area contributed by atoms with Gasteiger partial charge in [0.2, 0.25) is 0 Å². The van der Waals surface area contributed by atoms with E-state index in [0.717, 1.165) is 16.7 Å². The smallest absolute Gasteiger partial charge is 0.198 e. The summed E-state index contributed by atoms with van der Waals surface area (Å²) in [5.74, 6) is -0.0522. The first-order valence-electron chi connectivity index (χ1n) is 7.49. The average Bonchev–Trinajstić information content (AvgIpc) is 2.87. The van der Waals surface area contributed by atoms with E-state index in [2.05, 4.69) is 0 Å². The molecule has 2 heteroatoms. The number of hydrogen-bond acceptors (Lipinski definition) is 2. The van der Waals surface area contributed by atoms with E-state index in [1.165, 1.54) is 0 Å². The predicted molar refractivity (Wildman–Crippen MR) is 92.1 cm³/mol. The van der Waals surface area contributed by atoms with E-state index in [-0.39, 0.29) is 11.5 Å². The zero-order chi connectivity index (χ0) is 15.8. The number of aliphatic hydroxyl groups excluding tert-OH is 1. The van der Waals surface area contributed by atoms with E-state index in [9.17, 15) is 9.90 Å². The lowest BCUT2D eigenvalue weighted by atomic mass is 9.98. The lowest BCUT2D eigenvalue weighted by molar-refractivity contribution is 0.105. The van der Waals surface area contributed by atoms with Gasteiger partial charge in [0.1, 0.15) is 5.76 Å². The largest absolute Gasteiger partial charge is 0.507 e. The second-order valence-corrected chi connectivity index (χ2v) is 5.54. The van der Waals surface area contributed by atoms with Crippen LogP contribution in [0.4, 0.5) is 0 Å². The molecule has 0 aromatic heterocycles. The molecule has 0 saturated carbocycles. The number of Topliss-reactive ketones (excluding diaryl/α,β-unsaturated/α-hetero) is 1. The maximum absolute atomic E-state index is 12.5. The van der Waals surface area contributed by atoms with Crippen LogP contribution < -0.4 is 0 Å². The third-order valence-corrected chi connectivity index (χ3v) is 4.17. The summed E-state index contributed by atoms with van der Waals surface area (Å²) < 4.78 is 0. The number of benzene rings is 3. The number of ketones is 1. The summed E-state index contributed by atoms with van der Waals surface area (Å²) in [7, 11) is 0. The SMILES string of the molecule is O=C1C(c2ccc(-c3ccccc3)cc2)=C(O)c2ccccc21. The fourth-order valence-corrected chi connectivity index (χ4v) is 2.99. The summed E-state index contributed by atoms with van der Waals surface area (Å²) in [6, 6.07) is 24.9.